The molecule has 3 rings (SSSR count). The Balaban J connectivity index is 1.89. The van der Waals surface area contributed by atoms with Gasteiger partial charge >= 0.3 is 5.97 Å². The second kappa shape index (κ2) is 4.67. The Morgan fingerprint density at radius 3 is 2.75 bits per heavy atom. The van der Waals surface area contributed by atoms with Gasteiger partial charge in [0.1, 0.15) is 11.8 Å². The second-order valence-corrected chi connectivity index (χ2v) is 5.28. The number of carbonyl (C=O) groups excluding carboxylic acids is 1. The number of nitrogens with zero attached hydrogens (tertiary/aromatic N) is 1. The minimum absolute atomic E-state index is 0.0328. The average Bonchev–Trinajstić information content (AvgIpc) is 3.01. The largest absolute Gasteiger partial charge is 0.481 e. The topological polar surface area (TPSA) is 70.8 Å². The first-order valence-corrected chi connectivity index (χ1v) is 6.56. The molecule has 1 saturated heterocycles. The Hall–Kier alpha value is -2.30. The maximum Gasteiger partial charge on any atom is 0.308 e. The normalized spacial score (nSPS) is 22.4. The molecular formula is C15H15NO4. The molecule has 1 aromatic heterocycles. The number of carbonyl (C=O) groups is 2. The van der Waals surface area contributed by atoms with E-state index in [9.17, 15) is 9.59 Å². The Morgan fingerprint density at radius 2 is 2.05 bits per heavy atom. The number of furan rings is 1. The van der Waals surface area contributed by atoms with Gasteiger partial charge in [-0.25, -0.2) is 0 Å². The van der Waals surface area contributed by atoms with Crippen LogP contribution in [0.2, 0.25) is 0 Å². The maximum atomic E-state index is 12.5. The van der Waals surface area contributed by atoms with E-state index >= 15 is 0 Å². The van der Waals surface area contributed by atoms with Crippen LogP contribution in [-0.4, -0.2) is 35.0 Å². The molecule has 1 aromatic carbocycles. The number of rotatable bonds is 2. The first kappa shape index (κ1) is 12.7. The zero-order valence-electron chi connectivity index (χ0n) is 11.1. The van der Waals surface area contributed by atoms with E-state index in [0.717, 1.165) is 5.39 Å². The predicted octanol–water partition coefficient (Wildman–Crippen LogP) is 2.23. The van der Waals surface area contributed by atoms with Crippen molar-refractivity contribution in [1.29, 1.82) is 0 Å². The summed E-state index contributed by atoms with van der Waals surface area (Å²) in [6.45, 7) is 2.59. The van der Waals surface area contributed by atoms with Crippen molar-refractivity contribution in [3.63, 3.8) is 0 Å². The molecule has 1 fully saturated rings. The fourth-order valence-corrected chi connectivity index (χ4v) is 2.77. The molecule has 2 aromatic rings. The highest BCUT2D eigenvalue weighted by molar-refractivity contribution is 6.06. The zero-order chi connectivity index (χ0) is 14.3. The van der Waals surface area contributed by atoms with Crippen LogP contribution in [0.25, 0.3) is 11.0 Å². The van der Waals surface area contributed by atoms with E-state index in [1.807, 2.05) is 25.1 Å². The van der Waals surface area contributed by atoms with E-state index in [2.05, 4.69) is 0 Å². The van der Waals surface area contributed by atoms with Crippen LogP contribution in [-0.2, 0) is 4.79 Å². The van der Waals surface area contributed by atoms with Gasteiger partial charge in [0.15, 0.2) is 0 Å². The summed E-state index contributed by atoms with van der Waals surface area (Å²) < 4.78 is 5.37. The van der Waals surface area contributed by atoms with Crippen molar-refractivity contribution in [2.45, 2.75) is 6.92 Å². The minimum atomic E-state index is -0.843. The highest BCUT2D eigenvalue weighted by Crippen LogP contribution is 2.27. The van der Waals surface area contributed by atoms with Crippen LogP contribution >= 0.6 is 0 Å². The standard InChI is InChI=1S/C15H15NO4/c1-9-6-16(7-11(9)15(18)19)14(17)12-8-20-13-5-3-2-4-10(12)13/h2-5,8-9,11H,6-7H2,1H3,(H,18,19)/t9-,11-/m1/s1. The van der Waals surface area contributed by atoms with Gasteiger partial charge in [-0.15, -0.1) is 0 Å². The first-order chi connectivity index (χ1) is 9.58. The molecule has 1 amide bonds. The van der Waals surface area contributed by atoms with Crippen molar-refractivity contribution in [2.75, 3.05) is 13.1 Å². The lowest BCUT2D eigenvalue weighted by atomic mass is 9.99. The number of carboxylic acid groups (broad SMARTS) is 1. The summed E-state index contributed by atoms with van der Waals surface area (Å²) in [5, 5.41) is 9.90. The Bertz CT molecular complexity index is 675. The summed E-state index contributed by atoms with van der Waals surface area (Å²) in [6.07, 6.45) is 1.45. The number of amides is 1. The third kappa shape index (κ3) is 1.95. The first-order valence-electron chi connectivity index (χ1n) is 6.56. The molecule has 0 spiro atoms. The lowest BCUT2D eigenvalue weighted by Crippen LogP contribution is -2.29. The van der Waals surface area contributed by atoms with Gasteiger partial charge in [0.05, 0.1) is 11.5 Å². The molecule has 0 aliphatic carbocycles. The van der Waals surface area contributed by atoms with E-state index in [1.54, 1.807) is 11.0 Å². The molecule has 1 aliphatic heterocycles. The molecular weight excluding hydrogens is 258 g/mol. The van der Waals surface area contributed by atoms with Gasteiger partial charge < -0.3 is 14.4 Å². The van der Waals surface area contributed by atoms with Crippen LogP contribution < -0.4 is 0 Å². The third-order valence-electron chi connectivity index (χ3n) is 3.93. The fraction of sp³-hybridized carbons (Fsp3) is 0.333. The molecule has 0 bridgehead atoms. The van der Waals surface area contributed by atoms with Gasteiger partial charge in [-0.1, -0.05) is 25.1 Å². The summed E-state index contributed by atoms with van der Waals surface area (Å²) in [5.41, 5.74) is 1.16. The lowest BCUT2D eigenvalue weighted by molar-refractivity contribution is -0.142. The SMILES string of the molecule is C[C@@H]1CN(C(=O)c2coc3ccccc23)C[C@H]1C(=O)O. The molecule has 2 atom stereocenters. The number of carboxylic acids is 1. The molecule has 5 nitrogen and oxygen atoms in total. The van der Waals surface area contributed by atoms with E-state index < -0.39 is 11.9 Å². The van der Waals surface area contributed by atoms with Crippen LogP contribution in [0.5, 0.6) is 0 Å². The molecule has 2 heterocycles. The highest BCUT2D eigenvalue weighted by Gasteiger charge is 2.37. The van der Waals surface area contributed by atoms with E-state index in [1.165, 1.54) is 6.26 Å². The van der Waals surface area contributed by atoms with Gasteiger partial charge in [-0.05, 0) is 12.0 Å². The number of para-hydroxylation sites is 1. The molecule has 20 heavy (non-hydrogen) atoms. The number of benzene rings is 1. The lowest BCUT2D eigenvalue weighted by Gasteiger charge is -2.14. The Morgan fingerprint density at radius 1 is 1.30 bits per heavy atom. The quantitative estimate of drug-likeness (QED) is 0.910. The molecule has 5 heteroatoms. The van der Waals surface area contributed by atoms with Crippen molar-refractivity contribution in [1.82, 2.24) is 4.90 Å². The van der Waals surface area contributed by atoms with Crippen LogP contribution in [0.1, 0.15) is 17.3 Å². The van der Waals surface area contributed by atoms with Crippen molar-refractivity contribution in [2.24, 2.45) is 11.8 Å². The van der Waals surface area contributed by atoms with Crippen LogP contribution in [0, 0.1) is 11.8 Å². The van der Waals surface area contributed by atoms with E-state index in [0.29, 0.717) is 17.7 Å². The number of hydrogen-bond donors (Lipinski definition) is 1. The van der Waals surface area contributed by atoms with Gasteiger partial charge in [-0.3, -0.25) is 9.59 Å². The van der Waals surface area contributed by atoms with Crippen molar-refractivity contribution < 1.29 is 19.1 Å². The van der Waals surface area contributed by atoms with E-state index in [-0.39, 0.29) is 18.4 Å². The second-order valence-electron chi connectivity index (χ2n) is 5.28. The van der Waals surface area contributed by atoms with Gasteiger partial charge in [-0.2, -0.15) is 0 Å². The van der Waals surface area contributed by atoms with Crippen LogP contribution in [0.4, 0.5) is 0 Å². The molecule has 1 aliphatic rings. The summed E-state index contributed by atoms with van der Waals surface area (Å²) in [7, 11) is 0. The monoisotopic (exact) mass is 273 g/mol. The van der Waals surface area contributed by atoms with Crippen LogP contribution in [0.15, 0.2) is 34.9 Å². The molecule has 0 radical (unpaired) electrons. The summed E-state index contributed by atoms with van der Waals surface area (Å²) in [5.74, 6) is -1.53. The summed E-state index contributed by atoms with van der Waals surface area (Å²) in [4.78, 5) is 25.2. The fourth-order valence-electron chi connectivity index (χ4n) is 2.77. The Kier molecular flexibility index (Phi) is 2.97. The zero-order valence-corrected chi connectivity index (χ0v) is 11.1. The number of aliphatic carboxylic acids is 1. The highest BCUT2D eigenvalue weighted by atomic mass is 16.4. The molecule has 1 N–H and O–H groups in total. The maximum absolute atomic E-state index is 12.5. The summed E-state index contributed by atoms with van der Waals surface area (Å²) >= 11 is 0. The molecule has 0 unspecified atom stereocenters. The van der Waals surface area contributed by atoms with Gasteiger partial charge in [0.25, 0.3) is 5.91 Å². The number of hydrogen-bond acceptors (Lipinski definition) is 3. The van der Waals surface area contributed by atoms with Crippen molar-refractivity contribution in [3.8, 4) is 0 Å². The Labute approximate surface area is 115 Å². The third-order valence-corrected chi connectivity index (χ3v) is 3.93. The average molecular weight is 273 g/mol. The van der Waals surface area contributed by atoms with Gasteiger partial charge in [0, 0.05) is 18.5 Å². The van der Waals surface area contributed by atoms with Gasteiger partial charge in [0.2, 0.25) is 0 Å². The number of likely N-dealkylation sites (tertiary alicyclic amines) is 1. The van der Waals surface area contributed by atoms with Crippen molar-refractivity contribution in [3.05, 3.63) is 36.1 Å². The van der Waals surface area contributed by atoms with Crippen LogP contribution in [0.3, 0.4) is 0 Å². The number of fused-ring (bicyclic) bond motifs is 1. The smallest absolute Gasteiger partial charge is 0.308 e. The molecule has 0 saturated carbocycles. The summed E-state index contributed by atoms with van der Waals surface area (Å²) in [6, 6.07) is 7.33. The predicted molar refractivity (Wildman–Crippen MR) is 72.4 cm³/mol. The van der Waals surface area contributed by atoms with E-state index in [4.69, 9.17) is 9.52 Å². The minimum Gasteiger partial charge on any atom is -0.481 e. The van der Waals surface area contributed by atoms with Crippen molar-refractivity contribution >= 4 is 22.8 Å². The molecule has 104 valence electrons.